The van der Waals surface area contributed by atoms with E-state index < -0.39 is 0 Å². The van der Waals surface area contributed by atoms with Crippen LogP contribution in [-0.2, 0) is 4.79 Å². The van der Waals surface area contributed by atoms with Crippen molar-refractivity contribution in [1.82, 2.24) is 10.2 Å². The fourth-order valence-corrected chi connectivity index (χ4v) is 3.65. The third kappa shape index (κ3) is 3.48. The Hall–Kier alpha value is -0.610. The smallest absolute Gasteiger partial charge is 0.224 e. The van der Waals surface area contributed by atoms with Crippen LogP contribution < -0.4 is 5.32 Å². The molecule has 1 aliphatic carbocycles. The molecule has 1 aliphatic heterocycles. The van der Waals surface area contributed by atoms with E-state index in [2.05, 4.69) is 5.32 Å². The molecule has 19 heavy (non-hydrogen) atoms. The molecular formula is C15H28N2O2. The lowest BCUT2D eigenvalue weighted by atomic mass is 9.79. The highest BCUT2D eigenvalue weighted by atomic mass is 16.3. The number of hydrogen-bond donors (Lipinski definition) is 2. The summed E-state index contributed by atoms with van der Waals surface area (Å²) in [6.45, 7) is 0.933. The van der Waals surface area contributed by atoms with Crippen molar-refractivity contribution < 1.29 is 9.90 Å². The van der Waals surface area contributed by atoms with Crippen molar-refractivity contribution in [2.24, 2.45) is 0 Å². The molecule has 1 saturated carbocycles. The van der Waals surface area contributed by atoms with Crippen molar-refractivity contribution in [3.8, 4) is 0 Å². The second-order valence-electron chi connectivity index (χ2n) is 6.19. The topological polar surface area (TPSA) is 52.6 Å². The molecule has 2 rings (SSSR count). The van der Waals surface area contributed by atoms with Gasteiger partial charge in [-0.3, -0.25) is 4.79 Å². The Morgan fingerprint density at radius 1 is 1.26 bits per heavy atom. The normalized spacial score (nSPS) is 27.3. The summed E-state index contributed by atoms with van der Waals surface area (Å²) in [6, 6.07) is 0.0544. The molecule has 2 N–H and O–H groups in total. The quantitative estimate of drug-likeness (QED) is 0.815. The fraction of sp³-hybridized carbons (Fsp3) is 0.933. The van der Waals surface area contributed by atoms with E-state index in [9.17, 15) is 9.90 Å². The molecule has 0 aromatic carbocycles. The minimum Gasteiger partial charge on any atom is -0.394 e. The monoisotopic (exact) mass is 268 g/mol. The van der Waals surface area contributed by atoms with Gasteiger partial charge in [-0.05, 0) is 39.2 Å². The van der Waals surface area contributed by atoms with Crippen LogP contribution in [0.25, 0.3) is 0 Å². The molecule has 0 aromatic rings. The highest BCUT2D eigenvalue weighted by molar-refractivity contribution is 5.78. The van der Waals surface area contributed by atoms with Crippen LogP contribution in [0, 0.1) is 0 Å². The largest absolute Gasteiger partial charge is 0.394 e. The number of rotatable bonds is 4. The Morgan fingerprint density at radius 2 is 2.00 bits per heavy atom. The molecule has 2 fully saturated rings. The number of likely N-dealkylation sites (tertiary alicyclic amines) is 1. The molecule has 0 spiro atoms. The first-order chi connectivity index (χ1) is 9.21. The summed E-state index contributed by atoms with van der Waals surface area (Å²) >= 11 is 0. The van der Waals surface area contributed by atoms with Crippen molar-refractivity contribution in [3.05, 3.63) is 0 Å². The van der Waals surface area contributed by atoms with Crippen LogP contribution in [0.2, 0.25) is 0 Å². The molecule has 1 saturated heterocycles. The average Bonchev–Trinajstić information content (AvgIpc) is 2.48. The molecule has 2 aliphatic rings. The van der Waals surface area contributed by atoms with Crippen LogP contribution in [-0.4, -0.2) is 47.7 Å². The minimum atomic E-state index is 0.00673. The zero-order chi connectivity index (χ0) is 13.7. The van der Waals surface area contributed by atoms with E-state index in [1.165, 1.54) is 19.3 Å². The number of hydrogen-bond acceptors (Lipinski definition) is 3. The summed E-state index contributed by atoms with van der Waals surface area (Å²) in [4.78, 5) is 14.5. The number of piperidine rings is 1. The van der Waals surface area contributed by atoms with Gasteiger partial charge in [0.05, 0.1) is 12.6 Å². The molecule has 4 nitrogen and oxygen atoms in total. The summed E-state index contributed by atoms with van der Waals surface area (Å²) < 4.78 is 0. The second kappa shape index (κ2) is 6.71. The molecule has 4 heteroatoms. The van der Waals surface area contributed by atoms with Crippen LogP contribution in [0.5, 0.6) is 0 Å². The summed E-state index contributed by atoms with van der Waals surface area (Å²) in [5.41, 5.74) is 0.00673. The van der Waals surface area contributed by atoms with Gasteiger partial charge in [-0.25, -0.2) is 0 Å². The lowest BCUT2D eigenvalue weighted by Crippen LogP contribution is -2.52. The van der Waals surface area contributed by atoms with Gasteiger partial charge in [0, 0.05) is 18.5 Å². The Morgan fingerprint density at radius 3 is 2.63 bits per heavy atom. The maximum atomic E-state index is 12.6. The minimum absolute atomic E-state index is 0.00673. The second-order valence-corrected chi connectivity index (χ2v) is 6.19. The molecule has 0 radical (unpaired) electrons. The van der Waals surface area contributed by atoms with Gasteiger partial charge in [0.1, 0.15) is 0 Å². The summed E-state index contributed by atoms with van der Waals surface area (Å²) in [5, 5.41) is 12.8. The van der Waals surface area contributed by atoms with Crippen LogP contribution in [0.1, 0.15) is 57.8 Å². The number of carbonyl (C=O) groups excluding carboxylic acids is 1. The third-order valence-corrected chi connectivity index (χ3v) is 4.99. The first-order valence-corrected chi connectivity index (χ1v) is 7.80. The third-order valence-electron chi connectivity index (χ3n) is 4.99. The number of nitrogens with one attached hydrogen (secondary N) is 1. The van der Waals surface area contributed by atoms with Gasteiger partial charge in [-0.15, -0.1) is 0 Å². The molecule has 1 heterocycles. The lowest BCUT2D eigenvalue weighted by molar-refractivity contribution is -0.137. The van der Waals surface area contributed by atoms with Crippen molar-refractivity contribution in [1.29, 1.82) is 0 Å². The van der Waals surface area contributed by atoms with Crippen LogP contribution in [0.4, 0.5) is 0 Å². The number of carbonyl (C=O) groups is 1. The van der Waals surface area contributed by atoms with Gasteiger partial charge in [-0.2, -0.15) is 0 Å². The number of aliphatic hydroxyl groups is 1. The van der Waals surface area contributed by atoms with Gasteiger partial charge >= 0.3 is 0 Å². The first kappa shape index (κ1) is 14.8. The predicted molar refractivity (Wildman–Crippen MR) is 75.9 cm³/mol. The van der Waals surface area contributed by atoms with E-state index in [1.54, 1.807) is 0 Å². The van der Waals surface area contributed by atoms with Gasteiger partial charge in [0.15, 0.2) is 0 Å². The van der Waals surface area contributed by atoms with Crippen molar-refractivity contribution in [2.45, 2.75) is 69.4 Å². The van der Waals surface area contributed by atoms with E-state index in [-0.39, 0.29) is 24.1 Å². The molecule has 1 unspecified atom stereocenters. The van der Waals surface area contributed by atoms with E-state index in [4.69, 9.17) is 0 Å². The number of aliphatic hydroxyl groups excluding tert-OH is 1. The molecule has 0 aromatic heterocycles. The van der Waals surface area contributed by atoms with Crippen LogP contribution in [0.3, 0.4) is 0 Å². The summed E-state index contributed by atoms with van der Waals surface area (Å²) in [6.07, 6.45) is 9.70. The van der Waals surface area contributed by atoms with Gasteiger partial charge < -0.3 is 15.3 Å². The van der Waals surface area contributed by atoms with Crippen molar-refractivity contribution in [2.75, 3.05) is 20.2 Å². The van der Waals surface area contributed by atoms with E-state index in [0.29, 0.717) is 6.42 Å². The Bertz CT molecular complexity index is 301. The standard InChI is InChI=1S/C15H28N2O2/c1-16-15(8-4-2-5-9-15)11-14(19)17-10-6-3-7-13(17)12-18/h13,16,18H,2-12H2,1H3. The molecular weight excluding hydrogens is 240 g/mol. The summed E-state index contributed by atoms with van der Waals surface area (Å²) in [5.74, 6) is 0.231. The Labute approximate surface area is 116 Å². The zero-order valence-corrected chi connectivity index (χ0v) is 12.2. The number of amides is 1. The van der Waals surface area contributed by atoms with Gasteiger partial charge in [0.2, 0.25) is 5.91 Å². The molecule has 0 bridgehead atoms. The maximum absolute atomic E-state index is 12.6. The Kier molecular flexibility index (Phi) is 5.22. The first-order valence-electron chi connectivity index (χ1n) is 7.80. The zero-order valence-electron chi connectivity index (χ0n) is 12.2. The maximum Gasteiger partial charge on any atom is 0.224 e. The predicted octanol–water partition coefficient (Wildman–Crippen LogP) is 1.67. The highest BCUT2D eigenvalue weighted by Crippen LogP contribution is 2.32. The van der Waals surface area contributed by atoms with Crippen molar-refractivity contribution >= 4 is 5.91 Å². The van der Waals surface area contributed by atoms with E-state index in [1.807, 2.05) is 11.9 Å². The van der Waals surface area contributed by atoms with E-state index >= 15 is 0 Å². The SMILES string of the molecule is CNC1(CC(=O)N2CCCCC2CO)CCCCC1. The van der Waals surface area contributed by atoms with E-state index in [0.717, 1.165) is 38.6 Å². The molecule has 1 atom stereocenters. The average molecular weight is 268 g/mol. The fourth-order valence-electron chi connectivity index (χ4n) is 3.65. The van der Waals surface area contributed by atoms with Crippen LogP contribution >= 0.6 is 0 Å². The Balaban J connectivity index is 1.98. The number of nitrogens with zero attached hydrogens (tertiary/aromatic N) is 1. The molecule has 110 valence electrons. The molecule has 1 amide bonds. The van der Waals surface area contributed by atoms with Gasteiger partial charge in [0.25, 0.3) is 0 Å². The van der Waals surface area contributed by atoms with Crippen molar-refractivity contribution in [3.63, 3.8) is 0 Å². The van der Waals surface area contributed by atoms with Gasteiger partial charge in [-0.1, -0.05) is 19.3 Å². The highest BCUT2D eigenvalue weighted by Gasteiger charge is 2.36. The lowest BCUT2D eigenvalue weighted by Gasteiger charge is -2.41. The summed E-state index contributed by atoms with van der Waals surface area (Å²) in [7, 11) is 1.98. The van der Waals surface area contributed by atoms with Crippen LogP contribution in [0.15, 0.2) is 0 Å².